The first-order valence-electron chi connectivity index (χ1n) is 7.05. The molecule has 0 radical (unpaired) electrons. The third-order valence-electron chi connectivity index (χ3n) is 3.50. The monoisotopic (exact) mass is 368 g/mol. The van der Waals surface area contributed by atoms with Crippen molar-refractivity contribution < 1.29 is 9.21 Å². The molecular formula is C19H13BrO3. The molecule has 0 unspecified atom stereocenters. The van der Waals surface area contributed by atoms with Crippen molar-refractivity contribution in [2.75, 3.05) is 0 Å². The van der Waals surface area contributed by atoms with Gasteiger partial charge in [0.15, 0.2) is 11.2 Å². The Balaban J connectivity index is 1.94. The molecule has 0 fully saturated rings. The van der Waals surface area contributed by atoms with E-state index in [1.165, 1.54) is 18.4 Å². The molecule has 1 aromatic heterocycles. The van der Waals surface area contributed by atoms with Gasteiger partial charge >= 0.3 is 0 Å². The Morgan fingerprint density at radius 2 is 1.87 bits per heavy atom. The molecule has 0 N–H and O–H groups in total. The highest BCUT2D eigenvalue weighted by molar-refractivity contribution is 9.10. The van der Waals surface area contributed by atoms with Crippen LogP contribution in [0.3, 0.4) is 0 Å². The lowest BCUT2D eigenvalue weighted by molar-refractivity contribution is 0.104. The number of allylic oxidation sites excluding steroid dienone is 1. The van der Waals surface area contributed by atoms with E-state index in [4.69, 9.17) is 4.42 Å². The summed E-state index contributed by atoms with van der Waals surface area (Å²) in [4.78, 5) is 24.6. The van der Waals surface area contributed by atoms with Crippen LogP contribution in [-0.4, -0.2) is 5.78 Å². The summed E-state index contributed by atoms with van der Waals surface area (Å²) >= 11 is 3.33. The van der Waals surface area contributed by atoms with Crippen LogP contribution in [0.4, 0.5) is 0 Å². The van der Waals surface area contributed by atoms with Crippen molar-refractivity contribution in [1.82, 2.24) is 0 Å². The van der Waals surface area contributed by atoms with Gasteiger partial charge in [-0.1, -0.05) is 27.6 Å². The molecule has 0 bridgehead atoms. The topological polar surface area (TPSA) is 47.3 Å². The Labute approximate surface area is 141 Å². The minimum Gasteiger partial charge on any atom is -0.463 e. The van der Waals surface area contributed by atoms with Crippen molar-refractivity contribution in [1.29, 1.82) is 0 Å². The highest BCUT2D eigenvalue weighted by Crippen LogP contribution is 2.15. The van der Waals surface area contributed by atoms with E-state index in [2.05, 4.69) is 15.9 Å². The maximum atomic E-state index is 12.4. The molecule has 0 amide bonds. The summed E-state index contributed by atoms with van der Waals surface area (Å²) in [6.07, 6.45) is 4.26. The van der Waals surface area contributed by atoms with Crippen LogP contribution in [0.5, 0.6) is 0 Å². The third-order valence-corrected chi connectivity index (χ3v) is 4.03. The zero-order valence-corrected chi connectivity index (χ0v) is 14.0. The van der Waals surface area contributed by atoms with Gasteiger partial charge in [-0.15, -0.1) is 0 Å². The molecule has 0 saturated carbocycles. The Morgan fingerprint density at radius 3 is 2.61 bits per heavy atom. The second-order valence-corrected chi connectivity index (χ2v) is 6.14. The Bertz CT molecular complexity index is 966. The standard InChI is InChI=1S/C19H13BrO3/c1-12-2-9-18-16(10-12)19(22)14(11-23-18)5-8-17(21)13-3-6-15(20)7-4-13/h2-11H,1H3. The molecule has 3 nitrogen and oxygen atoms in total. The number of hydrogen-bond donors (Lipinski definition) is 0. The van der Waals surface area contributed by atoms with Crippen LogP contribution in [0.25, 0.3) is 17.0 Å². The molecule has 0 spiro atoms. The van der Waals surface area contributed by atoms with E-state index in [0.29, 0.717) is 22.1 Å². The molecule has 0 atom stereocenters. The van der Waals surface area contributed by atoms with Crippen LogP contribution >= 0.6 is 15.9 Å². The van der Waals surface area contributed by atoms with Crippen LogP contribution in [0.15, 0.2) is 68.5 Å². The highest BCUT2D eigenvalue weighted by Gasteiger charge is 2.06. The maximum Gasteiger partial charge on any atom is 0.199 e. The highest BCUT2D eigenvalue weighted by atomic mass is 79.9. The van der Waals surface area contributed by atoms with Gasteiger partial charge in [-0.25, -0.2) is 0 Å². The lowest BCUT2D eigenvalue weighted by Crippen LogP contribution is -2.05. The molecule has 3 rings (SSSR count). The van der Waals surface area contributed by atoms with Crippen LogP contribution in [0.2, 0.25) is 0 Å². The summed E-state index contributed by atoms with van der Waals surface area (Å²) in [7, 11) is 0. The summed E-state index contributed by atoms with van der Waals surface area (Å²) in [6.45, 7) is 1.92. The number of hydrogen-bond acceptors (Lipinski definition) is 3. The normalized spacial score (nSPS) is 11.2. The number of rotatable bonds is 3. The second kappa shape index (κ2) is 6.34. The van der Waals surface area contributed by atoms with Gasteiger partial charge in [-0.2, -0.15) is 0 Å². The van der Waals surface area contributed by atoms with Crippen LogP contribution in [0.1, 0.15) is 21.5 Å². The summed E-state index contributed by atoms with van der Waals surface area (Å²) in [5, 5.41) is 0.517. The predicted octanol–water partition coefficient (Wildman–Crippen LogP) is 4.76. The zero-order chi connectivity index (χ0) is 16.4. The predicted molar refractivity (Wildman–Crippen MR) is 94.7 cm³/mol. The molecule has 0 saturated heterocycles. The van der Waals surface area contributed by atoms with Crippen molar-refractivity contribution in [3.05, 3.63) is 86.2 Å². The Hall–Kier alpha value is -2.46. The molecule has 114 valence electrons. The molecule has 3 aromatic rings. The molecule has 23 heavy (non-hydrogen) atoms. The zero-order valence-electron chi connectivity index (χ0n) is 12.4. The maximum absolute atomic E-state index is 12.4. The number of fused-ring (bicyclic) bond motifs is 1. The minimum absolute atomic E-state index is 0.144. The van der Waals surface area contributed by atoms with E-state index in [0.717, 1.165) is 10.0 Å². The van der Waals surface area contributed by atoms with Gasteiger partial charge in [-0.05, 0) is 55.5 Å². The Kier molecular flexibility index (Phi) is 4.26. The first-order chi connectivity index (χ1) is 11.0. The number of benzene rings is 2. The average molecular weight is 369 g/mol. The summed E-state index contributed by atoms with van der Waals surface area (Å²) < 4.78 is 6.37. The lowest BCUT2D eigenvalue weighted by atomic mass is 10.1. The third kappa shape index (κ3) is 3.32. The number of halogens is 1. The van der Waals surface area contributed by atoms with Crippen molar-refractivity contribution in [3.8, 4) is 0 Å². The molecule has 0 aliphatic rings. The summed E-state index contributed by atoms with van der Waals surface area (Å²) in [5.41, 5.74) is 2.29. The molecule has 1 heterocycles. The van der Waals surface area contributed by atoms with Crippen molar-refractivity contribution in [3.63, 3.8) is 0 Å². The van der Waals surface area contributed by atoms with Crippen LogP contribution < -0.4 is 5.43 Å². The van der Waals surface area contributed by atoms with E-state index in [-0.39, 0.29) is 11.2 Å². The number of aryl methyl sites for hydroxylation is 1. The van der Waals surface area contributed by atoms with E-state index >= 15 is 0 Å². The number of ketones is 1. The Morgan fingerprint density at radius 1 is 1.13 bits per heavy atom. The summed E-state index contributed by atoms with van der Waals surface area (Å²) in [5.74, 6) is -0.166. The molecule has 4 heteroatoms. The SMILES string of the molecule is Cc1ccc2occ(C=CC(=O)c3ccc(Br)cc3)c(=O)c2c1. The molecule has 2 aromatic carbocycles. The number of carbonyl (C=O) groups is 1. The van der Waals surface area contributed by atoms with Gasteiger partial charge in [0.25, 0.3) is 0 Å². The smallest absolute Gasteiger partial charge is 0.199 e. The van der Waals surface area contributed by atoms with Gasteiger partial charge in [0, 0.05) is 10.0 Å². The van der Waals surface area contributed by atoms with Gasteiger partial charge < -0.3 is 4.42 Å². The molecule has 0 aliphatic carbocycles. The first kappa shape index (κ1) is 15.4. The quantitative estimate of drug-likeness (QED) is 0.494. The van der Waals surface area contributed by atoms with E-state index in [1.54, 1.807) is 36.4 Å². The fraction of sp³-hybridized carbons (Fsp3) is 0.0526. The van der Waals surface area contributed by atoms with E-state index in [1.807, 2.05) is 13.0 Å². The minimum atomic E-state index is -0.166. The van der Waals surface area contributed by atoms with Crippen molar-refractivity contribution in [2.45, 2.75) is 6.92 Å². The van der Waals surface area contributed by atoms with Crippen LogP contribution in [0, 0.1) is 6.92 Å². The van der Waals surface area contributed by atoms with Gasteiger partial charge in [0.05, 0.1) is 10.9 Å². The lowest BCUT2D eigenvalue weighted by Gasteiger charge is -2.00. The average Bonchev–Trinajstić information content (AvgIpc) is 2.55. The largest absolute Gasteiger partial charge is 0.463 e. The van der Waals surface area contributed by atoms with Gasteiger partial charge in [-0.3, -0.25) is 9.59 Å². The summed E-state index contributed by atoms with van der Waals surface area (Å²) in [6, 6.07) is 12.5. The van der Waals surface area contributed by atoms with Gasteiger partial charge in [0.1, 0.15) is 11.8 Å². The molecular weight excluding hydrogens is 356 g/mol. The van der Waals surface area contributed by atoms with Crippen molar-refractivity contribution in [2.24, 2.45) is 0 Å². The number of carbonyl (C=O) groups excluding carboxylic acids is 1. The fourth-order valence-electron chi connectivity index (χ4n) is 2.25. The van der Waals surface area contributed by atoms with E-state index in [9.17, 15) is 9.59 Å². The van der Waals surface area contributed by atoms with Crippen molar-refractivity contribution >= 4 is 38.8 Å². The van der Waals surface area contributed by atoms with Gasteiger partial charge in [0.2, 0.25) is 0 Å². The fourth-order valence-corrected chi connectivity index (χ4v) is 2.52. The second-order valence-electron chi connectivity index (χ2n) is 5.22. The molecule has 0 aliphatic heterocycles. The van der Waals surface area contributed by atoms with E-state index < -0.39 is 0 Å². The first-order valence-corrected chi connectivity index (χ1v) is 7.84. The van der Waals surface area contributed by atoms with Crippen LogP contribution in [-0.2, 0) is 0 Å².